The molecular weight excluding hydrogens is 295 g/mol. The molecule has 0 spiro atoms. The lowest BCUT2D eigenvalue weighted by Gasteiger charge is -2.00. The Morgan fingerprint density at radius 3 is 2.90 bits per heavy atom. The van der Waals surface area contributed by atoms with Crippen molar-refractivity contribution < 1.29 is 9.13 Å². The average molecular weight is 306 g/mol. The highest BCUT2D eigenvalue weighted by Gasteiger charge is 2.12. The molecule has 0 atom stereocenters. The smallest absolute Gasteiger partial charge is 0.229 e. The van der Waals surface area contributed by atoms with Crippen molar-refractivity contribution in [2.24, 2.45) is 0 Å². The number of methoxy groups -OCH3 is 1. The van der Waals surface area contributed by atoms with E-state index >= 15 is 0 Å². The van der Waals surface area contributed by atoms with E-state index in [0.29, 0.717) is 17.7 Å². The number of H-pyrrole nitrogens is 1. The van der Waals surface area contributed by atoms with Gasteiger partial charge in [-0.25, -0.2) is 19.3 Å². The van der Waals surface area contributed by atoms with E-state index in [2.05, 4.69) is 30.5 Å². The second-order valence-electron chi connectivity index (χ2n) is 4.08. The van der Waals surface area contributed by atoms with Gasteiger partial charge in [0.1, 0.15) is 0 Å². The van der Waals surface area contributed by atoms with Crippen LogP contribution in [0.25, 0.3) is 11.3 Å². The van der Waals surface area contributed by atoms with Crippen molar-refractivity contribution in [3.05, 3.63) is 35.5 Å². The molecule has 0 aromatic carbocycles. The first kappa shape index (κ1) is 13.6. The minimum absolute atomic E-state index is 0.293. The van der Waals surface area contributed by atoms with E-state index in [4.69, 9.17) is 4.74 Å². The van der Waals surface area contributed by atoms with Crippen LogP contribution in [0.2, 0.25) is 0 Å². The summed E-state index contributed by atoms with van der Waals surface area (Å²) in [4.78, 5) is 12.1. The summed E-state index contributed by atoms with van der Waals surface area (Å²) in [5.41, 5.74) is 2.50. The first-order valence-corrected chi connectivity index (χ1v) is 6.86. The number of ether oxygens (including phenoxy) is 1. The van der Waals surface area contributed by atoms with Crippen molar-refractivity contribution in [1.29, 1.82) is 0 Å². The summed E-state index contributed by atoms with van der Waals surface area (Å²) in [5.74, 6) is -0.190. The van der Waals surface area contributed by atoms with Crippen molar-refractivity contribution in [2.75, 3.05) is 12.4 Å². The number of nitrogens with zero attached hydrogens (tertiary/aromatic N) is 4. The number of nitrogens with one attached hydrogen (secondary N) is 2. The van der Waals surface area contributed by atoms with Gasteiger partial charge in [0.25, 0.3) is 0 Å². The SMILES string of the molecule is COCc1[nH]ncc1-c1csc(Nc2ncc(F)cn2)n1. The number of hydrogen-bond acceptors (Lipinski definition) is 7. The summed E-state index contributed by atoms with van der Waals surface area (Å²) >= 11 is 1.40. The Balaban J connectivity index is 1.79. The van der Waals surface area contributed by atoms with Crippen LogP contribution in [-0.4, -0.2) is 32.3 Å². The van der Waals surface area contributed by atoms with Gasteiger partial charge in [0, 0.05) is 18.1 Å². The van der Waals surface area contributed by atoms with Crippen LogP contribution in [0.4, 0.5) is 15.5 Å². The first-order valence-electron chi connectivity index (χ1n) is 5.98. The molecule has 0 amide bonds. The topological polar surface area (TPSA) is 88.6 Å². The fraction of sp³-hybridized carbons (Fsp3) is 0.167. The first-order chi connectivity index (χ1) is 10.3. The average Bonchev–Trinajstić information content (AvgIpc) is 3.11. The predicted molar refractivity (Wildman–Crippen MR) is 75.7 cm³/mol. The number of halogens is 1. The fourth-order valence-electron chi connectivity index (χ4n) is 1.72. The Labute approximate surface area is 123 Å². The molecular formula is C12H11FN6OS. The van der Waals surface area contributed by atoms with Gasteiger partial charge in [-0.2, -0.15) is 5.10 Å². The zero-order valence-electron chi connectivity index (χ0n) is 11.0. The second kappa shape index (κ2) is 5.94. The predicted octanol–water partition coefficient (Wildman–Crippen LogP) is 2.35. The lowest BCUT2D eigenvalue weighted by Crippen LogP contribution is -1.96. The van der Waals surface area contributed by atoms with Crippen molar-refractivity contribution in [2.45, 2.75) is 6.61 Å². The summed E-state index contributed by atoms with van der Waals surface area (Å²) in [5, 5.41) is 12.3. The van der Waals surface area contributed by atoms with Crippen molar-refractivity contribution >= 4 is 22.4 Å². The van der Waals surface area contributed by atoms with Crippen LogP contribution in [0.15, 0.2) is 24.0 Å². The third-order valence-electron chi connectivity index (χ3n) is 2.63. The molecule has 3 rings (SSSR count). The zero-order valence-corrected chi connectivity index (χ0v) is 11.8. The highest BCUT2D eigenvalue weighted by Crippen LogP contribution is 2.27. The molecule has 0 fully saturated rings. The van der Waals surface area contributed by atoms with E-state index in [9.17, 15) is 4.39 Å². The third-order valence-corrected chi connectivity index (χ3v) is 3.38. The molecule has 0 aliphatic heterocycles. The molecule has 3 aromatic heterocycles. The van der Waals surface area contributed by atoms with Gasteiger partial charge in [-0.05, 0) is 0 Å². The lowest BCUT2D eigenvalue weighted by molar-refractivity contribution is 0.182. The van der Waals surface area contributed by atoms with Gasteiger partial charge >= 0.3 is 0 Å². The third kappa shape index (κ3) is 3.03. The Morgan fingerprint density at radius 1 is 1.33 bits per heavy atom. The van der Waals surface area contributed by atoms with Crippen LogP contribution in [-0.2, 0) is 11.3 Å². The van der Waals surface area contributed by atoms with E-state index in [1.54, 1.807) is 13.3 Å². The lowest BCUT2D eigenvalue weighted by atomic mass is 10.2. The van der Waals surface area contributed by atoms with Gasteiger partial charge in [-0.1, -0.05) is 0 Å². The second-order valence-corrected chi connectivity index (χ2v) is 4.94. The summed E-state index contributed by atoms with van der Waals surface area (Å²) in [6, 6.07) is 0. The molecule has 2 N–H and O–H groups in total. The van der Waals surface area contributed by atoms with Crippen LogP contribution in [0.1, 0.15) is 5.69 Å². The van der Waals surface area contributed by atoms with E-state index in [1.807, 2.05) is 5.38 Å². The number of hydrogen-bond donors (Lipinski definition) is 2. The zero-order chi connectivity index (χ0) is 14.7. The van der Waals surface area contributed by atoms with Crippen LogP contribution < -0.4 is 5.32 Å². The van der Waals surface area contributed by atoms with Gasteiger partial charge in [0.2, 0.25) is 5.95 Å². The monoisotopic (exact) mass is 306 g/mol. The summed E-state index contributed by atoms with van der Waals surface area (Å²) in [6.45, 7) is 0.427. The molecule has 0 bridgehead atoms. The molecule has 3 aromatic rings. The molecule has 7 nitrogen and oxygen atoms in total. The molecule has 0 saturated heterocycles. The maximum Gasteiger partial charge on any atom is 0.229 e. The molecule has 0 saturated carbocycles. The van der Waals surface area contributed by atoms with Crippen LogP contribution >= 0.6 is 11.3 Å². The van der Waals surface area contributed by atoms with E-state index in [1.165, 1.54) is 11.3 Å². The molecule has 3 heterocycles. The highest BCUT2D eigenvalue weighted by atomic mass is 32.1. The highest BCUT2D eigenvalue weighted by molar-refractivity contribution is 7.14. The van der Waals surface area contributed by atoms with Crippen LogP contribution in [0.5, 0.6) is 0 Å². The normalized spacial score (nSPS) is 10.8. The van der Waals surface area contributed by atoms with Crippen LogP contribution in [0, 0.1) is 5.82 Å². The maximum atomic E-state index is 12.7. The number of rotatable bonds is 5. The number of thiazole rings is 1. The summed E-state index contributed by atoms with van der Waals surface area (Å²) < 4.78 is 17.8. The van der Waals surface area contributed by atoms with E-state index in [0.717, 1.165) is 29.3 Å². The Kier molecular flexibility index (Phi) is 3.84. The number of aromatic amines is 1. The molecule has 0 radical (unpaired) electrons. The van der Waals surface area contributed by atoms with Crippen molar-refractivity contribution in [3.63, 3.8) is 0 Å². The molecule has 21 heavy (non-hydrogen) atoms. The van der Waals surface area contributed by atoms with Gasteiger partial charge < -0.3 is 10.1 Å². The van der Waals surface area contributed by atoms with Gasteiger partial charge in [0.05, 0.1) is 36.6 Å². The fourth-order valence-corrected chi connectivity index (χ4v) is 2.42. The van der Waals surface area contributed by atoms with E-state index in [-0.39, 0.29) is 0 Å². The number of anilines is 2. The minimum atomic E-state index is -0.483. The van der Waals surface area contributed by atoms with Crippen LogP contribution in [0.3, 0.4) is 0 Å². The maximum absolute atomic E-state index is 12.7. The standard InChI is InChI=1S/C12H11FN6OS/c1-20-5-9-8(4-16-19-9)10-6-21-12(17-10)18-11-14-2-7(13)3-15-11/h2-4,6H,5H2,1H3,(H,16,19)(H,14,15,17,18). The van der Waals surface area contributed by atoms with Crippen molar-refractivity contribution in [3.8, 4) is 11.3 Å². The molecule has 0 unspecified atom stereocenters. The molecule has 108 valence electrons. The molecule has 0 aliphatic rings. The van der Waals surface area contributed by atoms with E-state index < -0.39 is 5.82 Å². The summed E-state index contributed by atoms with van der Waals surface area (Å²) in [7, 11) is 1.62. The molecule has 0 aliphatic carbocycles. The Bertz CT molecular complexity index is 725. The Hall–Kier alpha value is -2.39. The minimum Gasteiger partial charge on any atom is -0.378 e. The number of aromatic nitrogens is 5. The van der Waals surface area contributed by atoms with Crippen molar-refractivity contribution in [1.82, 2.24) is 25.1 Å². The van der Waals surface area contributed by atoms with Gasteiger partial charge in [-0.3, -0.25) is 5.10 Å². The molecule has 9 heteroatoms. The van der Waals surface area contributed by atoms with Gasteiger partial charge in [-0.15, -0.1) is 11.3 Å². The van der Waals surface area contributed by atoms with Gasteiger partial charge in [0.15, 0.2) is 10.9 Å². The quantitative estimate of drug-likeness (QED) is 0.752. The summed E-state index contributed by atoms with van der Waals surface area (Å²) in [6.07, 6.45) is 3.88. The Morgan fingerprint density at radius 2 is 2.14 bits per heavy atom. The largest absolute Gasteiger partial charge is 0.378 e.